The van der Waals surface area contributed by atoms with E-state index in [1.165, 1.54) is 0 Å². The Hall–Kier alpha value is -3.08. The molecule has 4 rings (SSSR count). The van der Waals surface area contributed by atoms with Gasteiger partial charge in [-0.1, -0.05) is 31.2 Å². The Balaban J connectivity index is 1.52. The van der Waals surface area contributed by atoms with Crippen LogP contribution in [-0.4, -0.2) is 21.8 Å². The lowest BCUT2D eigenvalue weighted by molar-refractivity contribution is -0.122. The predicted molar refractivity (Wildman–Crippen MR) is 91.5 cm³/mol. The van der Waals surface area contributed by atoms with Gasteiger partial charge in [-0.3, -0.25) is 4.79 Å². The summed E-state index contributed by atoms with van der Waals surface area (Å²) in [4.78, 5) is 12.6. The van der Waals surface area contributed by atoms with E-state index in [4.69, 9.17) is 4.74 Å². The molecule has 1 aliphatic rings. The van der Waals surface area contributed by atoms with Crippen molar-refractivity contribution in [2.24, 2.45) is 0 Å². The number of carbonyl (C=O) groups is 1. The van der Waals surface area contributed by atoms with Gasteiger partial charge in [0.1, 0.15) is 5.75 Å². The van der Waals surface area contributed by atoms with Crippen molar-refractivity contribution in [3.63, 3.8) is 0 Å². The number of para-hydroxylation sites is 1. The number of carbonyl (C=O) groups excluding carboxylic acids is 1. The molecule has 2 atom stereocenters. The predicted octanol–water partition coefficient (Wildman–Crippen LogP) is 3.38. The smallest absolute Gasteiger partial charge is 0.266 e. The SMILES string of the molecule is C[C@H]1c2ccccc2O[C@@H]1C(=O)Nc1cccc(-n2cccn2)c1. The molecule has 2 aromatic carbocycles. The molecule has 0 fully saturated rings. The Kier molecular flexibility index (Phi) is 3.54. The van der Waals surface area contributed by atoms with E-state index < -0.39 is 6.10 Å². The molecule has 5 nitrogen and oxygen atoms in total. The molecular formula is C19H17N3O2. The van der Waals surface area contributed by atoms with Gasteiger partial charge in [0.05, 0.1) is 5.69 Å². The molecule has 2 heterocycles. The molecule has 0 saturated heterocycles. The molecule has 0 spiro atoms. The minimum Gasteiger partial charge on any atom is -0.480 e. The van der Waals surface area contributed by atoms with Gasteiger partial charge in [0.15, 0.2) is 6.10 Å². The van der Waals surface area contributed by atoms with Crippen LogP contribution in [0, 0.1) is 0 Å². The van der Waals surface area contributed by atoms with E-state index in [1.807, 2.05) is 67.7 Å². The van der Waals surface area contributed by atoms with E-state index in [2.05, 4.69) is 10.4 Å². The van der Waals surface area contributed by atoms with Crippen LogP contribution in [0.4, 0.5) is 5.69 Å². The van der Waals surface area contributed by atoms with Gasteiger partial charge in [0.25, 0.3) is 5.91 Å². The van der Waals surface area contributed by atoms with Gasteiger partial charge in [-0.15, -0.1) is 0 Å². The van der Waals surface area contributed by atoms with Gasteiger partial charge in [-0.05, 0) is 30.3 Å². The first-order valence-electron chi connectivity index (χ1n) is 7.89. The number of aromatic nitrogens is 2. The lowest BCUT2D eigenvalue weighted by atomic mass is 9.97. The fourth-order valence-corrected chi connectivity index (χ4v) is 3.01. The molecule has 1 aliphatic heterocycles. The number of rotatable bonds is 3. The van der Waals surface area contributed by atoms with E-state index >= 15 is 0 Å². The van der Waals surface area contributed by atoms with Crippen molar-refractivity contribution in [2.75, 3.05) is 5.32 Å². The molecule has 0 radical (unpaired) electrons. The average molecular weight is 319 g/mol. The minimum absolute atomic E-state index is 0.0236. The molecule has 1 N–H and O–H groups in total. The van der Waals surface area contributed by atoms with Crippen molar-refractivity contribution in [1.82, 2.24) is 9.78 Å². The molecule has 24 heavy (non-hydrogen) atoms. The molecule has 120 valence electrons. The van der Waals surface area contributed by atoms with Gasteiger partial charge >= 0.3 is 0 Å². The molecule has 1 amide bonds. The minimum atomic E-state index is -0.518. The third-order valence-electron chi connectivity index (χ3n) is 4.26. The number of amides is 1. The molecule has 3 aromatic rings. The first-order valence-corrected chi connectivity index (χ1v) is 7.89. The first-order chi connectivity index (χ1) is 11.7. The summed E-state index contributed by atoms with van der Waals surface area (Å²) >= 11 is 0. The quantitative estimate of drug-likeness (QED) is 0.805. The van der Waals surface area contributed by atoms with Crippen LogP contribution in [0.5, 0.6) is 5.75 Å². The second-order valence-electron chi connectivity index (χ2n) is 5.86. The molecule has 0 unspecified atom stereocenters. The van der Waals surface area contributed by atoms with Crippen molar-refractivity contribution in [3.05, 3.63) is 72.6 Å². The van der Waals surface area contributed by atoms with Crippen LogP contribution in [0.2, 0.25) is 0 Å². The van der Waals surface area contributed by atoms with Crippen molar-refractivity contribution in [2.45, 2.75) is 18.9 Å². The Morgan fingerprint density at radius 3 is 2.83 bits per heavy atom. The molecular weight excluding hydrogens is 302 g/mol. The highest BCUT2D eigenvalue weighted by Crippen LogP contribution is 2.38. The second kappa shape index (κ2) is 5.85. The number of ether oxygens (including phenoxy) is 1. The van der Waals surface area contributed by atoms with Gasteiger partial charge in [0, 0.05) is 29.6 Å². The fraction of sp³-hybridized carbons (Fsp3) is 0.158. The third kappa shape index (κ3) is 2.54. The lowest BCUT2D eigenvalue weighted by Gasteiger charge is -2.15. The van der Waals surface area contributed by atoms with Crippen LogP contribution in [-0.2, 0) is 4.79 Å². The summed E-state index contributed by atoms with van der Waals surface area (Å²) < 4.78 is 7.58. The number of anilines is 1. The van der Waals surface area contributed by atoms with Gasteiger partial charge in [-0.2, -0.15) is 5.10 Å². The number of benzene rings is 2. The summed E-state index contributed by atoms with van der Waals surface area (Å²) in [7, 11) is 0. The zero-order valence-electron chi connectivity index (χ0n) is 13.2. The summed E-state index contributed by atoms with van der Waals surface area (Å²) in [5.41, 5.74) is 2.68. The fourth-order valence-electron chi connectivity index (χ4n) is 3.01. The number of nitrogens with zero attached hydrogens (tertiary/aromatic N) is 2. The van der Waals surface area contributed by atoms with Crippen molar-refractivity contribution in [1.29, 1.82) is 0 Å². The first kappa shape index (κ1) is 14.5. The highest BCUT2D eigenvalue weighted by molar-refractivity contribution is 5.95. The average Bonchev–Trinajstić information content (AvgIpc) is 3.24. The van der Waals surface area contributed by atoms with Gasteiger partial charge < -0.3 is 10.1 Å². The number of fused-ring (bicyclic) bond motifs is 1. The standard InChI is InChI=1S/C19H17N3O2/c1-13-16-8-2-3-9-17(16)24-18(13)19(23)21-14-6-4-7-15(12-14)22-11-5-10-20-22/h2-13,18H,1H3,(H,21,23)/t13-,18-/m0/s1. The Labute approximate surface area is 139 Å². The zero-order valence-corrected chi connectivity index (χ0v) is 13.2. The molecule has 0 saturated carbocycles. The van der Waals surface area contributed by atoms with E-state index in [0.29, 0.717) is 0 Å². The van der Waals surface area contributed by atoms with Crippen molar-refractivity contribution >= 4 is 11.6 Å². The Morgan fingerprint density at radius 1 is 1.17 bits per heavy atom. The second-order valence-corrected chi connectivity index (χ2v) is 5.86. The molecule has 1 aromatic heterocycles. The highest BCUT2D eigenvalue weighted by Gasteiger charge is 2.36. The van der Waals surface area contributed by atoms with Crippen LogP contribution in [0.1, 0.15) is 18.4 Å². The lowest BCUT2D eigenvalue weighted by Crippen LogP contribution is -2.33. The van der Waals surface area contributed by atoms with E-state index in [9.17, 15) is 4.79 Å². The normalized spacial score (nSPS) is 18.7. The highest BCUT2D eigenvalue weighted by atomic mass is 16.5. The Bertz CT molecular complexity index is 874. The van der Waals surface area contributed by atoms with E-state index in [-0.39, 0.29) is 11.8 Å². The summed E-state index contributed by atoms with van der Waals surface area (Å²) in [6.45, 7) is 2.01. The van der Waals surface area contributed by atoms with E-state index in [1.54, 1.807) is 10.9 Å². The summed E-state index contributed by atoms with van der Waals surface area (Å²) in [5.74, 6) is 0.669. The monoisotopic (exact) mass is 319 g/mol. The Morgan fingerprint density at radius 2 is 2.04 bits per heavy atom. The van der Waals surface area contributed by atoms with Gasteiger partial charge in [-0.25, -0.2) is 4.68 Å². The molecule has 0 aliphatic carbocycles. The van der Waals surface area contributed by atoms with Crippen LogP contribution in [0.15, 0.2) is 67.0 Å². The van der Waals surface area contributed by atoms with Gasteiger partial charge in [0.2, 0.25) is 0 Å². The topological polar surface area (TPSA) is 56.1 Å². The van der Waals surface area contributed by atoms with Crippen LogP contribution < -0.4 is 10.1 Å². The number of nitrogens with one attached hydrogen (secondary N) is 1. The molecule has 0 bridgehead atoms. The van der Waals surface area contributed by atoms with Crippen LogP contribution in [0.25, 0.3) is 5.69 Å². The maximum absolute atomic E-state index is 12.6. The number of hydrogen-bond donors (Lipinski definition) is 1. The largest absolute Gasteiger partial charge is 0.480 e. The summed E-state index contributed by atoms with van der Waals surface area (Å²) in [5, 5.41) is 7.15. The van der Waals surface area contributed by atoms with Crippen molar-refractivity contribution < 1.29 is 9.53 Å². The third-order valence-corrected chi connectivity index (χ3v) is 4.26. The van der Waals surface area contributed by atoms with E-state index in [0.717, 1.165) is 22.7 Å². The summed E-state index contributed by atoms with van der Waals surface area (Å²) in [6.07, 6.45) is 3.06. The zero-order chi connectivity index (χ0) is 16.5. The van der Waals surface area contributed by atoms with Crippen LogP contribution >= 0.6 is 0 Å². The summed E-state index contributed by atoms with van der Waals surface area (Å²) in [6, 6.07) is 17.2. The maximum atomic E-state index is 12.6. The number of hydrogen-bond acceptors (Lipinski definition) is 3. The van der Waals surface area contributed by atoms with Crippen LogP contribution in [0.3, 0.4) is 0 Å². The molecule has 5 heteroatoms. The van der Waals surface area contributed by atoms with Crippen molar-refractivity contribution in [3.8, 4) is 11.4 Å². The maximum Gasteiger partial charge on any atom is 0.266 e.